The summed E-state index contributed by atoms with van der Waals surface area (Å²) in [5, 5.41) is 2.16. The monoisotopic (exact) mass is 1020 g/mol. The van der Waals surface area contributed by atoms with Gasteiger partial charge in [0.2, 0.25) is 0 Å². The summed E-state index contributed by atoms with van der Waals surface area (Å²) in [5.74, 6) is 0.811. The maximum absolute atomic E-state index is 9.29. The van der Waals surface area contributed by atoms with Crippen molar-refractivity contribution in [3.05, 3.63) is 209 Å². The van der Waals surface area contributed by atoms with Gasteiger partial charge in [0.15, 0.2) is 0 Å². The molecular formula is C59H53N4Pt-3. The fraction of sp³-hybridized carbons (Fsp3) is 0.186. The van der Waals surface area contributed by atoms with E-state index in [1.807, 2.05) is 86.8 Å². The van der Waals surface area contributed by atoms with Crippen LogP contribution in [-0.2, 0) is 31.9 Å². The molecule has 322 valence electrons. The van der Waals surface area contributed by atoms with Crippen LogP contribution in [0.2, 0.25) is 0 Å². The molecule has 0 atom stereocenters. The topological polar surface area (TPSA) is 24.3 Å². The molecule has 0 saturated heterocycles. The first-order valence-corrected chi connectivity index (χ1v) is 21.2. The van der Waals surface area contributed by atoms with Crippen molar-refractivity contribution in [2.75, 3.05) is 9.80 Å². The van der Waals surface area contributed by atoms with E-state index >= 15 is 0 Å². The number of hydrogen-bond donors (Lipinski definition) is 0. The minimum Gasteiger partial charge on any atom is -0.493 e. The molecule has 9 aromatic rings. The van der Waals surface area contributed by atoms with Crippen molar-refractivity contribution in [3.63, 3.8) is 0 Å². The third-order valence-electron chi connectivity index (χ3n) is 12.8. The summed E-state index contributed by atoms with van der Waals surface area (Å²) < 4.78 is 91.4. The number of hydrogen-bond acceptors (Lipinski definition) is 3. The van der Waals surface area contributed by atoms with E-state index in [2.05, 4.69) is 99.8 Å². The number of aryl methyl sites for hydroxylation is 1. The van der Waals surface area contributed by atoms with Gasteiger partial charge in [0.25, 0.3) is 0 Å². The first-order chi connectivity index (χ1) is 34.4. The van der Waals surface area contributed by atoms with Crippen molar-refractivity contribution in [1.29, 1.82) is 0 Å². The molecule has 0 radical (unpaired) electrons. The molecule has 0 spiro atoms. The van der Waals surface area contributed by atoms with Gasteiger partial charge in [-0.1, -0.05) is 138 Å². The van der Waals surface area contributed by atoms with Gasteiger partial charge in [0, 0.05) is 61.0 Å². The van der Waals surface area contributed by atoms with Crippen LogP contribution in [0.5, 0.6) is 0 Å². The van der Waals surface area contributed by atoms with Gasteiger partial charge in [-0.25, -0.2) is 4.98 Å². The first kappa shape index (κ1) is 32.4. The van der Waals surface area contributed by atoms with Gasteiger partial charge >= 0.3 is 0 Å². The smallest absolute Gasteiger partial charge is 0.135 e. The van der Waals surface area contributed by atoms with Crippen LogP contribution in [-0.4, -0.2) is 9.55 Å². The Hall–Kier alpha value is -6.22. The van der Waals surface area contributed by atoms with E-state index in [1.54, 1.807) is 0 Å². The molecule has 0 aliphatic carbocycles. The Bertz CT molecular complexity index is 3670. The Balaban J connectivity index is 0.00000672. The molecule has 64 heavy (non-hydrogen) atoms. The van der Waals surface area contributed by atoms with E-state index in [1.165, 1.54) is 5.56 Å². The summed E-state index contributed by atoms with van der Waals surface area (Å²) in [6.45, 7) is 20.3. The third-order valence-corrected chi connectivity index (χ3v) is 12.8. The van der Waals surface area contributed by atoms with E-state index < -0.39 is 65.8 Å². The molecule has 1 aliphatic heterocycles. The molecule has 0 bridgehead atoms. The average molecular weight is 1020 g/mol. The molecular weight excluding hydrogens is 960 g/mol. The molecule has 0 amide bonds. The van der Waals surface area contributed by atoms with Crippen LogP contribution in [0.1, 0.15) is 87.3 Å². The number of aromatic nitrogens is 2. The third kappa shape index (κ3) is 7.17. The second-order valence-corrected chi connectivity index (χ2v) is 18.0. The molecule has 0 unspecified atom stereocenters. The van der Waals surface area contributed by atoms with Crippen LogP contribution in [0, 0.1) is 46.5 Å². The number of benzene rings is 7. The van der Waals surface area contributed by atoms with Crippen molar-refractivity contribution >= 4 is 44.6 Å². The molecule has 10 rings (SSSR count). The quantitative estimate of drug-likeness (QED) is 0.149. The number of nitrogens with zero attached hydrogens (tertiary/aromatic N) is 4. The van der Waals surface area contributed by atoms with Crippen molar-refractivity contribution in [1.82, 2.24) is 9.55 Å². The SMILES string of the molecule is [2H]c1c([2H])c([2H])c(-c2c(C)c(C)c(C)c(-c3c([2H])c([2H])c([2H])c([2H])c3[2H])c2N2[CH-]N(c3[c-]c(C(C)(C)c4[c-]c5c(cc4)c4ccccc4n5-c4cc(C(C)(C)C)ccn4)cc(C)c3)c3ccccc32)c([2H])c1[2H].[Pt]. The summed E-state index contributed by atoms with van der Waals surface area (Å²) >= 11 is 0. The van der Waals surface area contributed by atoms with Crippen molar-refractivity contribution in [2.24, 2.45) is 0 Å². The molecule has 4 nitrogen and oxygen atoms in total. The summed E-state index contributed by atoms with van der Waals surface area (Å²) in [6.07, 6.45) is 1.87. The average Bonchev–Trinajstić information content (AvgIpc) is 3.92. The molecule has 7 aromatic carbocycles. The number of fused-ring (bicyclic) bond motifs is 4. The Labute approximate surface area is 407 Å². The predicted molar refractivity (Wildman–Crippen MR) is 265 cm³/mol. The first-order valence-electron chi connectivity index (χ1n) is 26.2. The number of pyridine rings is 1. The summed E-state index contributed by atoms with van der Waals surface area (Å²) in [7, 11) is 0. The van der Waals surface area contributed by atoms with Gasteiger partial charge in [0.1, 0.15) is 5.82 Å². The Morgan fingerprint density at radius 1 is 0.609 bits per heavy atom. The van der Waals surface area contributed by atoms with Gasteiger partial charge in [-0.2, -0.15) is 47.0 Å². The molecule has 0 N–H and O–H groups in total. The zero-order valence-corrected chi connectivity index (χ0v) is 39.6. The second-order valence-electron chi connectivity index (χ2n) is 18.0. The zero-order valence-electron chi connectivity index (χ0n) is 47.3. The minimum atomic E-state index is -0.649. The molecule has 3 heterocycles. The van der Waals surface area contributed by atoms with Gasteiger partial charge in [0.05, 0.1) is 13.7 Å². The maximum atomic E-state index is 9.29. The maximum Gasteiger partial charge on any atom is 0.135 e. The van der Waals surface area contributed by atoms with Crippen LogP contribution >= 0.6 is 0 Å². The van der Waals surface area contributed by atoms with E-state index in [-0.39, 0.29) is 48.7 Å². The normalized spacial score (nSPS) is 15.0. The van der Waals surface area contributed by atoms with Crippen LogP contribution in [0.3, 0.4) is 0 Å². The summed E-state index contributed by atoms with van der Waals surface area (Å²) in [5.41, 5.74) is 9.76. The largest absolute Gasteiger partial charge is 0.493 e. The second kappa shape index (κ2) is 16.4. The van der Waals surface area contributed by atoms with Gasteiger partial charge in [-0.15, -0.1) is 23.8 Å². The number of para-hydroxylation sites is 3. The van der Waals surface area contributed by atoms with E-state index in [0.29, 0.717) is 33.8 Å². The fourth-order valence-corrected chi connectivity index (χ4v) is 9.03. The van der Waals surface area contributed by atoms with Gasteiger partial charge in [-0.3, -0.25) is 0 Å². The van der Waals surface area contributed by atoms with Gasteiger partial charge in [-0.05, 0) is 101 Å². The van der Waals surface area contributed by atoms with E-state index in [0.717, 1.165) is 50.0 Å². The van der Waals surface area contributed by atoms with E-state index in [4.69, 9.17) is 13.2 Å². The minimum absolute atomic E-state index is 0. The van der Waals surface area contributed by atoms with Crippen LogP contribution < -0.4 is 9.80 Å². The molecule has 0 saturated carbocycles. The Morgan fingerprint density at radius 3 is 1.86 bits per heavy atom. The van der Waals surface area contributed by atoms with E-state index in [9.17, 15) is 5.48 Å². The van der Waals surface area contributed by atoms with Crippen molar-refractivity contribution in [2.45, 2.75) is 73.1 Å². The summed E-state index contributed by atoms with van der Waals surface area (Å²) in [6, 6.07) is 31.4. The number of rotatable bonds is 7. The molecule has 0 fully saturated rings. The summed E-state index contributed by atoms with van der Waals surface area (Å²) in [4.78, 5) is 8.74. The molecule has 2 aromatic heterocycles. The fourth-order valence-electron chi connectivity index (χ4n) is 9.03. The zero-order chi connectivity index (χ0) is 52.5. The van der Waals surface area contributed by atoms with Crippen molar-refractivity contribution in [3.8, 4) is 28.1 Å². The number of anilines is 4. The van der Waals surface area contributed by atoms with Crippen LogP contribution in [0.15, 0.2) is 152 Å². The van der Waals surface area contributed by atoms with Gasteiger partial charge < -0.3 is 14.4 Å². The molecule has 5 heteroatoms. The predicted octanol–water partition coefficient (Wildman–Crippen LogP) is 15.4. The van der Waals surface area contributed by atoms with Crippen LogP contribution in [0.25, 0.3) is 49.9 Å². The standard InChI is InChI=1S/C59H53N4.Pt/c1-38-32-46(59(8,9)45-28-29-49-48-24-16-17-25-50(48)63(53(49)35-45)54-36-44(30-31-60-54)58(5,6)7)34-47(33-38)61-37-62(52-27-19-18-26-51(52)61)57-55(42-20-12-10-13-21-42)40(3)39(2)41(4)56(57)43-22-14-11-15-23-43;/h10-33,36-37H,1-9H3;/q-3;/i10D,11D,12D,13D,14D,15D,20D,21D,22D,23D;. The molecule has 1 aliphatic rings. The van der Waals surface area contributed by atoms with Crippen LogP contribution in [0.4, 0.5) is 22.7 Å². The Morgan fingerprint density at radius 2 is 1.22 bits per heavy atom. The van der Waals surface area contributed by atoms with Crippen molar-refractivity contribution < 1.29 is 34.8 Å². The Kier molecular flexibility index (Phi) is 8.31.